The first-order valence-corrected chi connectivity index (χ1v) is 2.17. The zero-order valence-electron chi connectivity index (χ0n) is 7.46. The van der Waals surface area contributed by atoms with E-state index >= 15 is 0 Å². The first-order chi connectivity index (χ1) is 3.13. The average Bonchev–Trinajstić information content (AvgIpc) is 1.27. The fourth-order valence-corrected chi connectivity index (χ4v) is 0.341. The molecule has 0 saturated carbocycles. The first-order valence-electron chi connectivity index (χ1n) is 2.17. The molecular weight excluding hydrogens is 213 g/mol. The molecule has 3 heteroatoms. The number of hydrogen-bond acceptors (Lipinski definition) is 2. The summed E-state index contributed by atoms with van der Waals surface area (Å²) in [5.74, 6) is 0. The van der Waals surface area contributed by atoms with E-state index in [2.05, 4.69) is 12.0 Å². The van der Waals surface area contributed by atoms with E-state index in [4.69, 9.17) is 0 Å². The van der Waals surface area contributed by atoms with Gasteiger partial charge in [0.1, 0.15) is 0 Å². The van der Waals surface area contributed by atoms with Gasteiger partial charge in [0.2, 0.25) is 0 Å². The molecule has 0 saturated heterocycles. The summed E-state index contributed by atoms with van der Waals surface area (Å²) in [6.07, 6.45) is 0. The third kappa shape index (κ3) is 24.6. The van der Waals surface area contributed by atoms with Crippen molar-refractivity contribution < 1.29 is 19.5 Å². The van der Waals surface area contributed by atoms with Gasteiger partial charge in [0.25, 0.3) is 0 Å². The molecule has 0 amide bonds. The largest absolute Gasteiger partial charge is 4.00 e. The number of rotatable bonds is 1. The molecule has 0 aromatic heterocycles. The van der Waals surface area contributed by atoms with Crippen LogP contribution >= 0.6 is 0 Å². The number of nitrogens with zero attached hydrogens (tertiary/aromatic N) is 2. The van der Waals surface area contributed by atoms with Crippen molar-refractivity contribution in [1.29, 1.82) is 0 Å². The van der Waals surface area contributed by atoms with Gasteiger partial charge in [-0.2, -0.15) is 0 Å². The molecule has 0 aliphatic rings. The maximum absolute atomic E-state index is 3.92. The zero-order valence-corrected chi connectivity index (χ0v) is 9.19. The van der Waals surface area contributed by atoms with Gasteiger partial charge < -0.3 is 26.8 Å². The Kier molecular flexibility index (Phi) is 26.4. The molecule has 0 atom stereocenters. The van der Waals surface area contributed by atoms with Crippen LogP contribution in [0.15, 0.2) is 5.10 Å². The van der Waals surface area contributed by atoms with Gasteiger partial charge in [-0.05, 0) is 0 Å². The molecule has 0 bridgehead atoms. The summed E-state index contributed by atoms with van der Waals surface area (Å²) < 4.78 is 0. The van der Waals surface area contributed by atoms with Gasteiger partial charge in [-0.25, -0.2) is 5.10 Å². The summed E-state index contributed by atoms with van der Waals surface area (Å²) in [5.41, 5.74) is 0.838. The van der Waals surface area contributed by atoms with E-state index in [1.165, 1.54) is 0 Å². The van der Waals surface area contributed by atoms with Crippen molar-refractivity contribution in [1.82, 2.24) is 5.01 Å². The molecule has 0 aromatic carbocycles. The molecule has 0 unspecified atom stereocenters. The van der Waals surface area contributed by atoms with Crippen LogP contribution in [0.2, 0.25) is 0 Å². The molecule has 0 heterocycles. The molecule has 0 aliphatic heterocycles. The Morgan fingerprint density at radius 2 is 1.60 bits per heavy atom. The molecule has 2 nitrogen and oxygen atoms in total. The maximum Gasteiger partial charge on any atom is 4.00 e. The van der Waals surface area contributed by atoms with Crippen molar-refractivity contribution in [2.45, 2.75) is 6.92 Å². The average molecular weight is 230 g/mol. The standard InChI is InChI=1S/C5H11N2.2CH3.Ru/c1-5(2)6-7(3)4;;;/h1H2,2-4H3;2*1H3;/q3*-1;+4/b6-5+;;;. The predicted molar refractivity (Wildman–Crippen MR) is 45.0 cm³/mol. The molecular formula is C7H17N2Ru+. The predicted octanol–water partition coefficient (Wildman–Crippen LogP) is 1.66. The van der Waals surface area contributed by atoms with Crippen LogP contribution in [0.3, 0.4) is 0 Å². The van der Waals surface area contributed by atoms with Crippen LogP contribution in [0.1, 0.15) is 6.92 Å². The summed E-state index contributed by atoms with van der Waals surface area (Å²) in [5, 5.41) is 5.64. The normalized spacial score (nSPS) is 8.10. The Bertz CT molecular complexity index is 75.7. The summed E-state index contributed by atoms with van der Waals surface area (Å²) in [6, 6.07) is 0. The van der Waals surface area contributed by atoms with E-state index in [0.29, 0.717) is 0 Å². The molecule has 0 rings (SSSR count). The third-order valence-corrected chi connectivity index (χ3v) is 0.371. The fourth-order valence-electron chi connectivity index (χ4n) is 0.341. The summed E-state index contributed by atoms with van der Waals surface area (Å²) in [7, 11) is 3.74. The number of hydrogen-bond donors (Lipinski definition) is 0. The van der Waals surface area contributed by atoms with Crippen LogP contribution in [0, 0.1) is 21.8 Å². The molecule has 0 radical (unpaired) electrons. The summed E-state index contributed by atoms with van der Waals surface area (Å²) in [6.45, 7) is 5.45. The van der Waals surface area contributed by atoms with Crippen LogP contribution in [0.4, 0.5) is 0 Å². The van der Waals surface area contributed by atoms with Crippen molar-refractivity contribution in [2.24, 2.45) is 5.10 Å². The molecule has 0 aromatic rings. The molecule has 0 N–H and O–H groups in total. The maximum atomic E-state index is 3.92. The minimum Gasteiger partial charge on any atom is -0.359 e. The van der Waals surface area contributed by atoms with E-state index in [-0.39, 0.29) is 34.3 Å². The molecule has 62 valence electrons. The van der Waals surface area contributed by atoms with Crippen molar-refractivity contribution >= 4 is 5.71 Å². The Balaban J connectivity index is -0.0000000600. The van der Waals surface area contributed by atoms with E-state index in [1.807, 2.05) is 21.0 Å². The van der Waals surface area contributed by atoms with Gasteiger partial charge in [-0.3, -0.25) is 0 Å². The van der Waals surface area contributed by atoms with Crippen molar-refractivity contribution in [3.05, 3.63) is 21.8 Å². The smallest absolute Gasteiger partial charge is 0.359 e. The van der Waals surface area contributed by atoms with Gasteiger partial charge in [-0.15, -0.1) is 5.71 Å². The summed E-state index contributed by atoms with van der Waals surface area (Å²) in [4.78, 5) is 0. The van der Waals surface area contributed by atoms with Crippen LogP contribution in [0.25, 0.3) is 0 Å². The quantitative estimate of drug-likeness (QED) is 0.289. The minimum absolute atomic E-state index is 0. The van der Waals surface area contributed by atoms with E-state index in [9.17, 15) is 0 Å². The van der Waals surface area contributed by atoms with Crippen LogP contribution in [0.5, 0.6) is 0 Å². The van der Waals surface area contributed by atoms with E-state index in [1.54, 1.807) is 5.01 Å². The third-order valence-electron chi connectivity index (χ3n) is 0.371. The van der Waals surface area contributed by atoms with Crippen LogP contribution in [-0.2, 0) is 19.5 Å². The minimum atomic E-state index is 0. The van der Waals surface area contributed by atoms with E-state index < -0.39 is 0 Å². The molecule has 0 fully saturated rings. The van der Waals surface area contributed by atoms with Crippen LogP contribution in [-0.4, -0.2) is 24.8 Å². The van der Waals surface area contributed by atoms with Gasteiger partial charge in [0, 0.05) is 14.1 Å². The SMILES string of the molecule is [CH2-]/C(C)=N\N(C)C.[CH3-].[CH3-].[Ru+4]. The second kappa shape index (κ2) is 11.7. The fraction of sp³-hybridized carbons (Fsp3) is 0.429. The molecule has 10 heavy (non-hydrogen) atoms. The van der Waals surface area contributed by atoms with Gasteiger partial charge in [0.05, 0.1) is 0 Å². The topological polar surface area (TPSA) is 15.6 Å². The van der Waals surface area contributed by atoms with Crippen molar-refractivity contribution in [2.75, 3.05) is 14.1 Å². The van der Waals surface area contributed by atoms with Gasteiger partial charge >= 0.3 is 19.5 Å². The molecule has 0 aliphatic carbocycles. The van der Waals surface area contributed by atoms with Crippen LogP contribution < -0.4 is 0 Å². The Labute approximate surface area is 78.4 Å². The second-order valence-corrected chi connectivity index (χ2v) is 1.68. The second-order valence-electron chi connectivity index (χ2n) is 1.68. The Hall–Kier alpha value is -0.0366. The molecule has 0 spiro atoms. The van der Waals surface area contributed by atoms with Gasteiger partial charge in [0.15, 0.2) is 0 Å². The van der Waals surface area contributed by atoms with Crippen molar-refractivity contribution in [3.8, 4) is 0 Å². The van der Waals surface area contributed by atoms with E-state index in [0.717, 1.165) is 5.71 Å². The Morgan fingerprint density at radius 3 is 1.60 bits per heavy atom. The monoisotopic (exact) mass is 231 g/mol. The zero-order chi connectivity index (χ0) is 5.86. The number of hydrazone groups is 1. The van der Waals surface area contributed by atoms with Gasteiger partial charge in [-0.1, -0.05) is 6.92 Å². The first kappa shape index (κ1) is 22.5. The van der Waals surface area contributed by atoms with Crippen molar-refractivity contribution in [3.63, 3.8) is 0 Å². The summed E-state index contributed by atoms with van der Waals surface area (Å²) >= 11 is 0. The Morgan fingerprint density at radius 1 is 1.30 bits per heavy atom.